The monoisotopic (exact) mass is 275 g/mol. The molecule has 1 amide bonds. The van der Waals surface area contributed by atoms with Crippen LogP contribution in [0.4, 0.5) is 11.6 Å². The fraction of sp³-hybridized carbons (Fsp3) is 0.167. The van der Waals surface area contributed by atoms with Gasteiger partial charge in [-0.25, -0.2) is 4.79 Å². The molecule has 104 valence electrons. The number of nitrogens with two attached hydrogens (primary N) is 1. The molecule has 20 heavy (non-hydrogen) atoms. The van der Waals surface area contributed by atoms with Gasteiger partial charge in [0, 0.05) is 5.69 Å². The zero-order valence-electron chi connectivity index (χ0n) is 10.7. The summed E-state index contributed by atoms with van der Waals surface area (Å²) in [5.41, 5.74) is 6.10. The number of H-pyrrole nitrogens is 1. The van der Waals surface area contributed by atoms with Gasteiger partial charge in [-0.2, -0.15) is 4.98 Å². The summed E-state index contributed by atoms with van der Waals surface area (Å²) in [7, 11) is 0. The third kappa shape index (κ3) is 3.10. The number of hydrogen-bond acceptors (Lipinski definition) is 6. The normalized spacial score (nSPS) is 10.1. The number of rotatable bonds is 4. The van der Waals surface area contributed by atoms with Gasteiger partial charge >= 0.3 is 5.97 Å². The first-order valence-electron chi connectivity index (χ1n) is 5.86. The number of ether oxygens (including phenoxy) is 1. The Kier molecular flexibility index (Phi) is 3.94. The van der Waals surface area contributed by atoms with Crippen LogP contribution >= 0.6 is 0 Å². The van der Waals surface area contributed by atoms with Gasteiger partial charge in [0.2, 0.25) is 11.8 Å². The Morgan fingerprint density at radius 1 is 1.45 bits per heavy atom. The van der Waals surface area contributed by atoms with Crippen LogP contribution in [0.15, 0.2) is 24.3 Å². The fourth-order valence-corrected chi connectivity index (χ4v) is 1.50. The Hall–Kier alpha value is -2.90. The van der Waals surface area contributed by atoms with Crippen molar-refractivity contribution in [3.8, 4) is 0 Å². The van der Waals surface area contributed by atoms with Gasteiger partial charge in [0.25, 0.3) is 5.91 Å². The zero-order valence-corrected chi connectivity index (χ0v) is 10.7. The molecule has 2 aromatic rings. The fourth-order valence-electron chi connectivity index (χ4n) is 1.50. The van der Waals surface area contributed by atoms with Gasteiger partial charge in [-0.15, -0.1) is 5.10 Å². The summed E-state index contributed by atoms with van der Waals surface area (Å²) in [6.07, 6.45) is 0. The highest BCUT2D eigenvalue weighted by Gasteiger charge is 2.12. The SMILES string of the molecule is CCOC(=O)c1cccc(NC(=O)c2nc(N)n[nH]2)c1. The van der Waals surface area contributed by atoms with Crippen molar-refractivity contribution < 1.29 is 14.3 Å². The first kappa shape index (κ1) is 13.5. The number of esters is 1. The van der Waals surface area contributed by atoms with E-state index < -0.39 is 11.9 Å². The topological polar surface area (TPSA) is 123 Å². The van der Waals surface area contributed by atoms with Crippen molar-refractivity contribution in [2.45, 2.75) is 6.92 Å². The molecule has 1 heterocycles. The van der Waals surface area contributed by atoms with Crippen molar-refractivity contribution in [1.29, 1.82) is 0 Å². The maximum absolute atomic E-state index is 11.8. The Balaban J connectivity index is 2.12. The summed E-state index contributed by atoms with van der Waals surface area (Å²) in [6.45, 7) is 2.00. The molecule has 4 N–H and O–H groups in total. The second-order valence-electron chi connectivity index (χ2n) is 3.80. The van der Waals surface area contributed by atoms with Crippen molar-refractivity contribution in [3.63, 3.8) is 0 Å². The minimum atomic E-state index is -0.504. The van der Waals surface area contributed by atoms with E-state index in [4.69, 9.17) is 10.5 Å². The number of aromatic amines is 1. The van der Waals surface area contributed by atoms with Crippen LogP contribution in [0.25, 0.3) is 0 Å². The molecule has 1 aromatic carbocycles. The molecular formula is C12H13N5O3. The molecule has 0 atom stereocenters. The largest absolute Gasteiger partial charge is 0.462 e. The highest BCUT2D eigenvalue weighted by molar-refractivity contribution is 6.02. The lowest BCUT2D eigenvalue weighted by molar-refractivity contribution is 0.0526. The molecular weight excluding hydrogens is 262 g/mol. The highest BCUT2D eigenvalue weighted by Crippen LogP contribution is 2.12. The van der Waals surface area contributed by atoms with Gasteiger partial charge in [-0.3, -0.25) is 9.89 Å². The number of benzene rings is 1. The van der Waals surface area contributed by atoms with E-state index in [1.54, 1.807) is 25.1 Å². The molecule has 0 aliphatic rings. The van der Waals surface area contributed by atoms with Crippen molar-refractivity contribution in [3.05, 3.63) is 35.7 Å². The zero-order chi connectivity index (χ0) is 14.5. The Bertz CT molecular complexity index is 638. The van der Waals surface area contributed by atoms with Crippen LogP contribution in [-0.2, 0) is 4.74 Å². The maximum atomic E-state index is 11.8. The number of nitrogen functional groups attached to an aromatic ring is 1. The van der Waals surface area contributed by atoms with E-state index >= 15 is 0 Å². The lowest BCUT2D eigenvalue weighted by Crippen LogP contribution is -2.14. The summed E-state index contributed by atoms with van der Waals surface area (Å²) in [4.78, 5) is 27.1. The van der Waals surface area contributed by atoms with E-state index in [-0.39, 0.29) is 18.4 Å². The van der Waals surface area contributed by atoms with Crippen LogP contribution in [0, 0.1) is 0 Å². The molecule has 1 aromatic heterocycles. The van der Waals surface area contributed by atoms with E-state index in [9.17, 15) is 9.59 Å². The average molecular weight is 275 g/mol. The predicted octanol–water partition coefficient (Wildman–Crippen LogP) is 0.816. The first-order valence-corrected chi connectivity index (χ1v) is 5.86. The third-order valence-corrected chi connectivity index (χ3v) is 2.35. The second kappa shape index (κ2) is 5.83. The van der Waals surface area contributed by atoms with Crippen molar-refractivity contribution >= 4 is 23.5 Å². The van der Waals surface area contributed by atoms with Crippen LogP contribution in [0.3, 0.4) is 0 Å². The number of amides is 1. The van der Waals surface area contributed by atoms with Crippen molar-refractivity contribution in [2.75, 3.05) is 17.7 Å². The molecule has 0 aliphatic carbocycles. The predicted molar refractivity (Wildman–Crippen MR) is 71.1 cm³/mol. The molecule has 0 fully saturated rings. The maximum Gasteiger partial charge on any atom is 0.338 e. The molecule has 0 saturated heterocycles. The number of carbonyl (C=O) groups excluding carboxylic acids is 2. The quantitative estimate of drug-likeness (QED) is 0.710. The number of nitrogens with one attached hydrogen (secondary N) is 2. The van der Waals surface area contributed by atoms with Crippen molar-refractivity contribution in [1.82, 2.24) is 15.2 Å². The first-order chi connectivity index (χ1) is 9.60. The number of hydrogen-bond donors (Lipinski definition) is 3. The van der Waals surface area contributed by atoms with E-state index in [1.165, 1.54) is 6.07 Å². The number of carbonyl (C=O) groups is 2. The Morgan fingerprint density at radius 3 is 2.90 bits per heavy atom. The van der Waals surface area contributed by atoms with Crippen LogP contribution in [0.1, 0.15) is 27.9 Å². The van der Waals surface area contributed by atoms with Crippen LogP contribution in [0.5, 0.6) is 0 Å². The smallest absolute Gasteiger partial charge is 0.338 e. The minimum Gasteiger partial charge on any atom is -0.462 e. The summed E-state index contributed by atoms with van der Waals surface area (Å²) in [5, 5.41) is 8.52. The second-order valence-corrected chi connectivity index (χ2v) is 3.80. The number of nitrogens with zero attached hydrogens (tertiary/aromatic N) is 2. The van der Waals surface area contributed by atoms with Gasteiger partial charge in [0.15, 0.2) is 0 Å². The van der Waals surface area contributed by atoms with E-state index in [0.717, 1.165) is 0 Å². The minimum absolute atomic E-state index is 0.0102. The van der Waals surface area contributed by atoms with Crippen LogP contribution in [0.2, 0.25) is 0 Å². The molecule has 0 spiro atoms. The molecule has 8 heteroatoms. The summed E-state index contributed by atoms with van der Waals surface area (Å²) in [5.74, 6) is -0.984. The molecule has 2 rings (SSSR count). The van der Waals surface area contributed by atoms with Gasteiger partial charge in [0.1, 0.15) is 0 Å². The number of aromatic nitrogens is 3. The van der Waals surface area contributed by atoms with Crippen LogP contribution in [-0.4, -0.2) is 33.7 Å². The number of anilines is 2. The van der Waals surface area contributed by atoms with E-state index in [1.807, 2.05) is 0 Å². The molecule has 0 saturated carbocycles. The van der Waals surface area contributed by atoms with E-state index in [2.05, 4.69) is 20.5 Å². The van der Waals surface area contributed by atoms with Gasteiger partial charge in [-0.05, 0) is 25.1 Å². The Labute approximate surface area is 114 Å². The summed E-state index contributed by atoms with van der Waals surface area (Å²) >= 11 is 0. The molecule has 0 aliphatic heterocycles. The molecule has 0 unspecified atom stereocenters. The lowest BCUT2D eigenvalue weighted by atomic mass is 10.2. The Morgan fingerprint density at radius 2 is 2.25 bits per heavy atom. The molecule has 8 nitrogen and oxygen atoms in total. The molecule has 0 radical (unpaired) electrons. The highest BCUT2D eigenvalue weighted by atomic mass is 16.5. The van der Waals surface area contributed by atoms with Crippen molar-refractivity contribution in [2.24, 2.45) is 0 Å². The summed E-state index contributed by atoms with van der Waals surface area (Å²) < 4.78 is 4.88. The average Bonchev–Trinajstić information content (AvgIpc) is 2.86. The molecule has 0 bridgehead atoms. The van der Waals surface area contributed by atoms with Gasteiger partial charge < -0.3 is 15.8 Å². The van der Waals surface area contributed by atoms with Gasteiger partial charge in [-0.1, -0.05) is 6.07 Å². The summed E-state index contributed by atoms with van der Waals surface area (Å²) in [6, 6.07) is 6.38. The standard InChI is InChI=1S/C12H13N5O3/c1-2-20-11(19)7-4-3-5-8(6-7)14-10(18)9-15-12(13)17-16-9/h3-6H,2H2,1H3,(H,14,18)(H3,13,15,16,17). The lowest BCUT2D eigenvalue weighted by Gasteiger charge is -2.05. The van der Waals surface area contributed by atoms with E-state index in [0.29, 0.717) is 11.3 Å². The third-order valence-electron chi connectivity index (χ3n) is 2.35. The van der Waals surface area contributed by atoms with Gasteiger partial charge in [0.05, 0.1) is 12.2 Å². The van der Waals surface area contributed by atoms with Crippen LogP contribution < -0.4 is 11.1 Å².